The lowest BCUT2D eigenvalue weighted by atomic mass is 9.74. The summed E-state index contributed by atoms with van der Waals surface area (Å²) >= 11 is 6.05. The number of aromatic nitrogens is 3. The van der Waals surface area contributed by atoms with Gasteiger partial charge in [0.2, 0.25) is 0 Å². The van der Waals surface area contributed by atoms with Gasteiger partial charge in [-0.25, -0.2) is 4.68 Å². The Balaban J connectivity index is 1.54. The molecule has 1 amide bonds. The molecule has 0 aliphatic carbocycles. The smallest absolute Gasteiger partial charge is 0.251 e. The Morgan fingerprint density at radius 2 is 1.96 bits per heavy atom. The number of hydrogen-bond donors (Lipinski definition) is 1. The molecule has 1 aliphatic rings. The van der Waals surface area contributed by atoms with Crippen LogP contribution in [0, 0.1) is 0 Å². The van der Waals surface area contributed by atoms with Gasteiger partial charge in [0.1, 0.15) is 5.52 Å². The second kappa shape index (κ2) is 7.29. The van der Waals surface area contributed by atoms with Crippen molar-refractivity contribution in [3.05, 3.63) is 58.6 Å². The van der Waals surface area contributed by atoms with Crippen molar-refractivity contribution in [3.63, 3.8) is 0 Å². The minimum atomic E-state index is -0.144. The van der Waals surface area contributed by atoms with Gasteiger partial charge in [0, 0.05) is 42.8 Å². The molecule has 0 unspecified atom stereocenters. The fraction of sp³-hybridized carbons (Fsp3) is 0.350. The zero-order chi connectivity index (χ0) is 18.9. The first-order valence-electron chi connectivity index (χ1n) is 8.99. The molecule has 2 heterocycles. The molecule has 1 N–H and O–H groups in total. The topological polar surface area (TPSA) is 69.0 Å². The number of nitrogens with zero attached hydrogens (tertiary/aromatic N) is 3. The molecule has 1 aromatic heterocycles. The van der Waals surface area contributed by atoms with E-state index in [1.165, 1.54) is 5.56 Å². The van der Waals surface area contributed by atoms with Crippen LogP contribution >= 0.6 is 11.6 Å². The molecule has 0 bridgehead atoms. The van der Waals surface area contributed by atoms with Gasteiger partial charge in [-0.2, -0.15) is 0 Å². The number of carbonyl (C=O) groups is 1. The normalized spacial score (nSPS) is 16.4. The van der Waals surface area contributed by atoms with Crippen LogP contribution in [0.1, 0.15) is 28.8 Å². The Morgan fingerprint density at radius 3 is 2.70 bits per heavy atom. The number of halogens is 1. The van der Waals surface area contributed by atoms with E-state index in [9.17, 15) is 4.79 Å². The van der Waals surface area contributed by atoms with Crippen molar-refractivity contribution in [2.24, 2.45) is 7.05 Å². The van der Waals surface area contributed by atoms with Gasteiger partial charge < -0.3 is 10.1 Å². The number of hydrogen-bond acceptors (Lipinski definition) is 4. The second-order valence-electron chi connectivity index (χ2n) is 7.00. The van der Waals surface area contributed by atoms with E-state index >= 15 is 0 Å². The maximum atomic E-state index is 12.7. The van der Waals surface area contributed by atoms with E-state index in [0.717, 1.165) is 18.4 Å². The third-order valence-electron chi connectivity index (χ3n) is 5.37. The standard InChI is InChI=1S/C20H21ClN4O2/c1-25-18-7-2-14(12-17(18)23-24-25)19(26)22-13-20(8-10-27-11-9-20)15-3-5-16(21)6-4-15/h2-7,12H,8-11,13H2,1H3,(H,22,26). The van der Waals surface area contributed by atoms with Gasteiger partial charge in [-0.15, -0.1) is 5.10 Å². The second-order valence-corrected chi connectivity index (χ2v) is 7.44. The number of nitrogens with one attached hydrogen (secondary N) is 1. The Labute approximate surface area is 162 Å². The van der Waals surface area contributed by atoms with Crippen molar-refractivity contribution in [1.29, 1.82) is 0 Å². The van der Waals surface area contributed by atoms with Gasteiger partial charge in [0.05, 0.1) is 5.52 Å². The van der Waals surface area contributed by atoms with Gasteiger partial charge in [0.25, 0.3) is 5.91 Å². The summed E-state index contributed by atoms with van der Waals surface area (Å²) in [5.74, 6) is -0.109. The monoisotopic (exact) mass is 384 g/mol. The molecule has 2 aromatic carbocycles. The van der Waals surface area contributed by atoms with Crippen molar-refractivity contribution < 1.29 is 9.53 Å². The fourth-order valence-corrected chi connectivity index (χ4v) is 3.79. The van der Waals surface area contributed by atoms with Crippen LogP contribution in [0.3, 0.4) is 0 Å². The third-order valence-corrected chi connectivity index (χ3v) is 5.62. The van der Waals surface area contributed by atoms with Gasteiger partial charge >= 0.3 is 0 Å². The SMILES string of the molecule is Cn1nnc2cc(C(=O)NCC3(c4ccc(Cl)cc4)CCOCC3)ccc21. The minimum Gasteiger partial charge on any atom is -0.381 e. The highest BCUT2D eigenvalue weighted by Gasteiger charge is 2.35. The molecule has 3 aromatic rings. The maximum absolute atomic E-state index is 12.7. The Morgan fingerprint density at radius 1 is 1.22 bits per heavy atom. The highest BCUT2D eigenvalue weighted by atomic mass is 35.5. The van der Waals surface area contributed by atoms with Crippen molar-refractivity contribution in [2.75, 3.05) is 19.8 Å². The Hall–Kier alpha value is -2.44. The molecular weight excluding hydrogens is 364 g/mol. The van der Waals surface area contributed by atoms with Crippen molar-refractivity contribution in [3.8, 4) is 0 Å². The average molecular weight is 385 g/mol. The van der Waals surface area contributed by atoms with E-state index in [0.29, 0.717) is 35.9 Å². The van der Waals surface area contributed by atoms with E-state index in [2.05, 4.69) is 15.6 Å². The van der Waals surface area contributed by atoms with Crippen LogP contribution in [-0.2, 0) is 17.2 Å². The van der Waals surface area contributed by atoms with Crippen LogP contribution in [0.4, 0.5) is 0 Å². The average Bonchev–Trinajstić information content (AvgIpc) is 3.07. The van der Waals surface area contributed by atoms with Crippen molar-refractivity contribution >= 4 is 28.5 Å². The first-order chi connectivity index (χ1) is 13.1. The van der Waals surface area contributed by atoms with E-state index in [1.807, 2.05) is 37.4 Å². The zero-order valence-electron chi connectivity index (χ0n) is 15.1. The number of amides is 1. The first-order valence-corrected chi connectivity index (χ1v) is 9.37. The minimum absolute atomic E-state index is 0.109. The summed E-state index contributed by atoms with van der Waals surface area (Å²) in [6, 6.07) is 13.3. The number of rotatable bonds is 4. The molecule has 0 spiro atoms. The molecule has 1 saturated heterocycles. The summed E-state index contributed by atoms with van der Waals surface area (Å²) in [4.78, 5) is 12.7. The predicted molar refractivity (Wildman–Crippen MR) is 104 cm³/mol. The molecule has 6 nitrogen and oxygen atoms in total. The van der Waals surface area contributed by atoms with Crippen LogP contribution in [0.2, 0.25) is 5.02 Å². The lowest BCUT2D eigenvalue weighted by Crippen LogP contribution is -2.44. The highest BCUT2D eigenvalue weighted by molar-refractivity contribution is 6.30. The van der Waals surface area contributed by atoms with Gasteiger partial charge in [-0.1, -0.05) is 28.9 Å². The molecule has 0 radical (unpaired) electrons. The number of aryl methyl sites for hydroxylation is 1. The van der Waals surface area contributed by atoms with E-state index in [-0.39, 0.29) is 11.3 Å². The van der Waals surface area contributed by atoms with Gasteiger partial charge in [-0.05, 0) is 48.7 Å². The summed E-state index contributed by atoms with van der Waals surface area (Å²) in [6.07, 6.45) is 1.72. The summed E-state index contributed by atoms with van der Waals surface area (Å²) in [5.41, 5.74) is 3.23. The molecule has 7 heteroatoms. The zero-order valence-corrected chi connectivity index (χ0v) is 15.9. The predicted octanol–water partition coefficient (Wildman–Crippen LogP) is 3.10. The summed E-state index contributed by atoms with van der Waals surface area (Å²) < 4.78 is 7.24. The highest BCUT2D eigenvalue weighted by Crippen LogP contribution is 2.35. The van der Waals surface area contributed by atoms with Gasteiger partial charge in [0.15, 0.2) is 0 Å². The fourth-order valence-electron chi connectivity index (χ4n) is 3.67. The quantitative estimate of drug-likeness (QED) is 0.750. The molecule has 140 valence electrons. The molecule has 0 atom stereocenters. The van der Waals surface area contributed by atoms with Crippen LogP contribution in [0.25, 0.3) is 11.0 Å². The number of benzene rings is 2. The Bertz CT molecular complexity index is 962. The molecular formula is C20H21ClN4O2. The van der Waals surface area contributed by atoms with Crippen LogP contribution in [0.15, 0.2) is 42.5 Å². The van der Waals surface area contributed by atoms with Crippen LogP contribution in [-0.4, -0.2) is 40.7 Å². The van der Waals surface area contributed by atoms with E-state index in [4.69, 9.17) is 16.3 Å². The van der Waals surface area contributed by atoms with Crippen molar-refractivity contribution in [2.45, 2.75) is 18.3 Å². The molecule has 1 fully saturated rings. The lowest BCUT2D eigenvalue weighted by Gasteiger charge is -2.38. The van der Waals surface area contributed by atoms with E-state index in [1.54, 1.807) is 16.8 Å². The van der Waals surface area contributed by atoms with Crippen LogP contribution < -0.4 is 5.32 Å². The largest absolute Gasteiger partial charge is 0.381 e. The molecule has 0 saturated carbocycles. The van der Waals surface area contributed by atoms with Crippen molar-refractivity contribution in [1.82, 2.24) is 20.3 Å². The maximum Gasteiger partial charge on any atom is 0.251 e. The summed E-state index contributed by atoms with van der Waals surface area (Å²) in [7, 11) is 1.83. The number of fused-ring (bicyclic) bond motifs is 1. The number of carbonyl (C=O) groups excluding carboxylic acids is 1. The molecule has 27 heavy (non-hydrogen) atoms. The molecule has 4 rings (SSSR count). The third kappa shape index (κ3) is 3.55. The van der Waals surface area contributed by atoms with Gasteiger partial charge in [-0.3, -0.25) is 4.79 Å². The first kappa shape index (κ1) is 17.9. The summed E-state index contributed by atoms with van der Waals surface area (Å²) in [6.45, 7) is 1.92. The lowest BCUT2D eigenvalue weighted by molar-refractivity contribution is 0.0487. The molecule has 1 aliphatic heterocycles. The summed E-state index contributed by atoms with van der Waals surface area (Å²) in [5, 5.41) is 11.9. The Kier molecular flexibility index (Phi) is 4.85. The van der Waals surface area contributed by atoms with E-state index < -0.39 is 0 Å². The van der Waals surface area contributed by atoms with Crippen LogP contribution in [0.5, 0.6) is 0 Å². The number of ether oxygens (including phenoxy) is 1.